The topological polar surface area (TPSA) is 77.1 Å². The molecule has 3 heterocycles. The number of likely N-dealkylation sites (tertiary alicyclic amines) is 1. The normalized spacial score (nSPS) is 23.7. The minimum Gasteiger partial charge on any atom is -0.454 e. The molecule has 180 valence electrons. The van der Waals surface area contributed by atoms with Crippen LogP contribution in [0.2, 0.25) is 0 Å². The van der Waals surface area contributed by atoms with E-state index in [-0.39, 0.29) is 24.7 Å². The summed E-state index contributed by atoms with van der Waals surface area (Å²) in [5.74, 6) is 1.68. The number of nitrogens with zero attached hydrogens (tertiary/aromatic N) is 1. The molecular weight excluding hydrogens is 432 g/mol. The van der Waals surface area contributed by atoms with Crippen molar-refractivity contribution in [1.29, 1.82) is 0 Å². The molecule has 5 rings (SSSR count). The van der Waals surface area contributed by atoms with Crippen LogP contribution in [0.4, 0.5) is 0 Å². The third-order valence-electron chi connectivity index (χ3n) is 7.09. The summed E-state index contributed by atoms with van der Waals surface area (Å²) in [6, 6.07) is 16.0. The van der Waals surface area contributed by atoms with Gasteiger partial charge in [-0.15, -0.1) is 0 Å². The highest BCUT2D eigenvalue weighted by Crippen LogP contribution is 2.36. The molecule has 1 N–H and O–H groups in total. The Labute approximate surface area is 200 Å². The SMILES string of the molecule is O=C1CC[C@](CCC(=O)N2CCC[C@@H](OCc3ccccc3)C2)(Cc2ccc3c(c2)OCO3)N1. The second-order valence-electron chi connectivity index (χ2n) is 9.59. The van der Waals surface area contributed by atoms with Crippen molar-refractivity contribution in [3.8, 4) is 11.5 Å². The van der Waals surface area contributed by atoms with Crippen LogP contribution < -0.4 is 14.8 Å². The molecule has 0 unspecified atom stereocenters. The first-order valence-electron chi connectivity index (χ1n) is 12.2. The van der Waals surface area contributed by atoms with E-state index in [2.05, 4.69) is 17.4 Å². The van der Waals surface area contributed by atoms with Crippen LogP contribution in [0.3, 0.4) is 0 Å². The summed E-state index contributed by atoms with van der Waals surface area (Å²) in [5.41, 5.74) is 1.82. The number of rotatable bonds is 8. The Morgan fingerprint density at radius 2 is 1.97 bits per heavy atom. The molecule has 2 saturated heterocycles. The van der Waals surface area contributed by atoms with Crippen molar-refractivity contribution >= 4 is 11.8 Å². The van der Waals surface area contributed by atoms with E-state index in [1.807, 2.05) is 41.3 Å². The molecule has 0 aliphatic carbocycles. The quantitative estimate of drug-likeness (QED) is 0.646. The van der Waals surface area contributed by atoms with E-state index in [1.54, 1.807) is 0 Å². The highest BCUT2D eigenvalue weighted by atomic mass is 16.7. The number of fused-ring (bicyclic) bond motifs is 1. The zero-order chi connectivity index (χ0) is 23.4. The second-order valence-corrected chi connectivity index (χ2v) is 9.59. The van der Waals surface area contributed by atoms with Gasteiger partial charge >= 0.3 is 0 Å². The predicted octanol–water partition coefficient (Wildman–Crippen LogP) is 3.59. The highest BCUT2D eigenvalue weighted by Gasteiger charge is 2.39. The molecule has 3 aliphatic heterocycles. The van der Waals surface area contributed by atoms with Crippen LogP contribution in [-0.2, 0) is 27.4 Å². The maximum Gasteiger partial charge on any atom is 0.231 e. The number of piperidine rings is 1. The van der Waals surface area contributed by atoms with Crippen molar-refractivity contribution < 1.29 is 23.8 Å². The zero-order valence-electron chi connectivity index (χ0n) is 19.5. The number of amides is 2. The first-order chi connectivity index (χ1) is 16.6. The minimum absolute atomic E-state index is 0.0561. The van der Waals surface area contributed by atoms with Crippen molar-refractivity contribution in [3.63, 3.8) is 0 Å². The number of hydrogen-bond donors (Lipinski definition) is 1. The van der Waals surface area contributed by atoms with Crippen molar-refractivity contribution in [3.05, 3.63) is 59.7 Å². The van der Waals surface area contributed by atoms with E-state index in [4.69, 9.17) is 14.2 Å². The van der Waals surface area contributed by atoms with Gasteiger partial charge < -0.3 is 24.4 Å². The third kappa shape index (κ3) is 5.36. The minimum atomic E-state index is -0.403. The third-order valence-corrected chi connectivity index (χ3v) is 7.09. The van der Waals surface area contributed by atoms with Gasteiger partial charge in [-0.1, -0.05) is 36.4 Å². The molecule has 0 saturated carbocycles. The molecule has 0 spiro atoms. The number of benzene rings is 2. The standard InChI is InChI=1S/C27H32N2O5/c30-25-10-12-27(28-25,16-21-8-9-23-24(15-21)34-19-33-23)13-11-26(31)29-14-4-7-22(17-29)32-18-20-5-2-1-3-6-20/h1-3,5-6,8-9,15,22H,4,7,10-14,16-19H2,(H,28,30)/t22-,27+/m1/s1. The van der Waals surface area contributed by atoms with Crippen molar-refractivity contribution in [2.75, 3.05) is 19.9 Å². The molecule has 34 heavy (non-hydrogen) atoms. The maximum absolute atomic E-state index is 13.1. The summed E-state index contributed by atoms with van der Waals surface area (Å²) in [4.78, 5) is 27.2. The van der Waals surface area contributed by atoms with Crippen LogP contribution >= 0.6 is 0 Å². The number of hydrogen-bond acceptors (Lipinski definition) is 5. The first kappa shape index (κ1) is 22.7. The molecule has 0 bridgehead atoms. The highest BCUT2D eigenvalue weighted by molar-refractivity contribution is 5.80. The summed E-state index contributed by atoms with van der Waals surface area (Å²) in [7, 11) is 0. The lowest BCUT2D eigenvalue weighted by atomic mass is 9.84. The lowest BCUT2D eigenvalue weighted by molar-refractivity contribution is -0.136. The molecule has 3 aliphatic rings. The Balaban J connectivity index is 1.17. The Bertz CT molecular complexity index is 1030. The van der Waals surface area contributed by atoms with Crippen molar-refractivity contribution in [1.82, 2.24) is 10.2 Å². The molecule has 2 fully saturated rings. The molecule has 2 aromatic rings. The van der Waals surface area contributed by atoms with E-state index < -0.39 is 5.54 Å². The van der Waals surface area contributed by atoms with Crippen LogP contribution in [0.1, 0.15) is 49.7 Å². The average Bonchev–Trinajstić information content (AvgIpc) is 3.48. The average molecular weight is 465 g/mol. The van der Waals surface area contributed by atoms with E-state index in [0.29, 0.717) is 38.8 Å². The van der Waals surface area contributed by atoms with Crippen LogP contribution in [0.15, 0.2) is 48.5 Å². The predicted molar refractivity (Wildman–Crippen MR) is 126 cm³/mol. The van der Waals surface area contributed by atoms with Gasteiger partial charge in [0.1, 0.15) is 0 Å². The molecule has 2 amide bonds. The Kier molecular flexibility index (Phi) is 6.72. The maximum atomic E-state index is 13.1. The summed E-state index contributed by atoms with van der Waals surface area (Å²) >= 11 is 0. The molecular formula is C27H32N2O5. The van der Waals surface area contributed by atoms with Gasteiger partial charge in [0.25, 0.3) is 0 Å². The number of carbonyl (C=O) groups excluding carboxylic acids is 2. The van der Waals surface area contributed by atoms with E-state index >= 15 is 0 Å². The van der Waals surface area contributed by atoms with Crippen molar-refractivity contribution in [2.24, 2.45) is 0 Å². The van der Waals surface area contributed by atoms with Gasteiger partial charge in [0.05, 0.1) is 12.7 Å². The van der Waals surface area contributed by atoms with Crippen LogP contribution in [-0.4, -0.2) is 48.2 Å². The van der Waals surface area contributed by atoms with Gasteiger partial charge in [-0.05, 0) is 55.4 Å². The van der Waals surface area contributed by atoms with Gasteiger partial charge in [-0.3, -0.25) is 9.59 Å². The fourth-order valence-electron chi connectivity index (χ4n) is 5.22. The van der Waals surface area contributed by atoms with Gasteiger partial charge in [0.15, 0.2) is 11.5 Å². The summed E-state index contributed by atoms with van der Waals surface area (Å²) in [5, 5.41) is 3.18. The zero-order valence-corrected chi connectivity index (χ0v) is 19.5. The fraction of sp³-hybridized carbons (Fsp3) is 0.481. The van der Waals surface area contributed by atoms with E-state index in [9.17, 15) is 9.59 Å². The molecule has 0 aromatic heterocycles. The number of carbonyl (C=O) groups is 2. The van der Waals surface area contributed by atoms with Gasteiger partial charge in [-0.25, -0.2) is 0 Å². The van der Waals surface area contributed by atoms with Gasteiger partial charge in [-0.2, -0.15) is 0 Å². The molecule has 2 aromatic carbocycles. The smallest absolute Gasteiger partial charge is 0.231 e. The molecule has 7 heteroatoms. The van der Waals surface area contributed by atoms with Crippen molar-refractivity contribution in [2.45, 2.75) is 63.2 Å². The Morgan fingerprint density at radius 3 is 2.79 bits per heavy atom. The summed E-state index contributed by atoms with van der Waals surface area (Å²) in [6.07, 6.45) is 4.92. The number of ether oxygens (including phenoxy) is 3. The lowest BCUT2D eigenvalue weighted by Gasteiger charge is -2.34. The van der Waals surface area contributed by atoms with Gasteiger partial charge in [0, 0.05) is 31.5 Å². The Hall–Kier alpha value is -3.06. The summed E-state index contributed by atoms with van der Waals surface area (Å²) < 4.78 is 17.0. The lowest BCUT2D eigenvalue weighted by Crippen LogP contribution is -2.46. The Morgan fingerprint density at radius 1 is 1.12 bits per heavy atom. The first-order valence-corrected chi connectivity index (χ1v) is 12.2. The molecule has 0 radical (unpaired) electrons. The number of nitrogens with one attached hydrogen (secondary N) is 1. The van der Waals surface area contributed by atoms with E-state index in [1.165, 1.54) is 0 Å². The van der Waals surface area contributed by atoms with E-state index in [0.717, 1.165) is 48.4 Å². The largest absolute Gasteiger partial charge is 0.454 e. The van der Waals surface area contributed by atoms with Gasteiger partial charge in [0.2, 0.25) is 18.6 Å². The van der Waals surface area contributed by atoms with Crippen LogP contribution in [0, 0.1) is 0 Å². The summed E-state index contributed by atoms with van der Waals surface area (Å²) in [6.45, 7) is 2.21. The van der Waals surface area contributed by atoms with Crippen LogP contribution in [0.25, 0.3) is 0 Å². The molecule has 7 nitrogen and oxygen atoms in total. The molecule has 2 atom stereocenters. The van der Waals surface area contributed by atoms with Crippen LogP contribution in [0.5, 0.6) is 11.5 Å². The fourth-order valence-corrected chi connectivity index (χ4v) is 5.22. The monoisotopic (exact) mass is 464 g/mol. The second kappa shape index (κ2) is 10.1.